The summed E-state index contributed by atoms with van der Waals surface area (Å²) < 4.78 is 0. The Bertz CT molecular complexity index is 192. The molecule has 0 aromatic heterocycles. The lowest BCUT2D eigenvalue weighted by molar-refractivity contribution is 0.255. The number of β-amino-alcohol motifs (C(OH)–C–C–N with tert-alkyl or cyclic N) is 1. The van der Waals surface area contributed by atoms with Gasteiger partial charge in [0.2, 0.25) is 0 Å². The third-order valence-electron chi connectivity index (χ3n) is 1.89. The van der Waals surface area contributed by atoms with Crippen LogP contribution in [-0.2, 0) is 0 Å². The molecule has 0 aromatic rings. The van der Waals surface area contributed by atoms with Crippen molar-refractivity contribution in [3.05, 3.63) is 12.7 Å². The van der Waals surface area contributed by atoms with Crippen LogP contribution in [0.1, 0.15) is 6.42 Å². The Morgan fingerprint density at radius 3 is 2.60 bits per heavy atom. The smallest absolute Gasteiger partial charge is 0.103 e. The normalized spacial score (nSPS) is 14.3. The quantitative estimate of drug-likeness (QED) is 0.521. The van der Waals surface area contributed by atoms with Gasteiger partial charge in [0.15, 0.2) is 0 Å². The molecule has 0 bridgehead atoms. The van der Waals surface area contributed by atoms with Crippen molar-refractivity contribution in [2.45, 2.75) is 6.42 Å². The first-order chi connectivity index (χ1) is 7.29. The highest BCUT2D eigenvalue weighted by molar-refractivity contribution is 5.84. The topological polar surface area (TPSA) is 87.9 Å². The minimum atomic E-state index is 0.205. The van der Waals surface area contributed by atoms with E-state index in [1.807, 2.05) is 6.08 Å². The van der Waals surface area contributed by atoms with Crippen molar-refractivity contribution in [3.8, 4) is 0 Å². The molecular weight excluding hydrogens is 192 g/mol. The van der Waals surface area contributed by atoms with Crippen LogP contribution in [0.2, 0.25) is 0 Å². The van der Waals surface area contributed by atoms with E-state index in [-0.39, 0.29) is 6.61 Å². The van der Waals surface area contributed by atoms with Crippen molar-refractivity contribution in [2.24, 2.45) is 16.5 Å². The average Bonchev–Trinajstić information content (AvgIpc) is 2.68. The molecular formula is C10H22N4O. The molecule has 88 valence electrons. The van der Waals surface area contributed by atoms with Gasteiger partial charge in [0.1, 0.15) is 5.84 Å². The van der Waals surface area contributed by atoms with Crippen molar-refractivity contribution in [3.63, 3.8) is 0 Å². The summed E-state index contributed by atoms with van der Waals surface area (Å²) in [5.41, 5.74) is 9.81. The Morgan fingerprint density at radius 2 is 2.13 bits per heavy atom. The zero-order valence-electron chi connectivity index (χ0n) is 9.23. The summed E-state index contributed by atoms with van der Waals surface area (Å²) in [6, 6.07) is 0. The number of rotatable bonds is 5. The third kappa shape index (κ3) is 6.22. The molecule has 0 spiro atoms. The van der Waals surface area contributed by atoms with Crippen molar-refractivity contribution in [1.82, 2.24) is 4.90 Å². The summed E-state index contributed by atoms with van der Waals surface area (Å²) in [7, 11) is 0. The summed E-state index contributed by atoms with van der Waals surface area (Å²) in [5, 5.41) is 8.69. The van der Waals surface area contributed by atoms with Gasteiger partial charge in [-0.25, -0.2) is 0 Å². The number of nitrogens with zero attached hydrogens (tertiary/aromatic N) is 2. The van der Waals surface area contributed by atoms with Crippen molar-refractivity contribution in [2.75, 3.05) is 39.3 Å². The monoisotopic (exact) mass is 214 g/mol. The molecule has 0 aromatic carbocycles. The highest BCUT2D eigenvalue weighted by Crippen LogP contribution is 2.04. The lowest BCUT2D eigenvalue weighted by atomic mass is 10.3. The lowest BCUT2D eigenvalue weighted by Crippen LogP contribution is -2.30. The van der Waals surface area contributed by atoms with Gasteiger partial charge >= 0.3 is 0 Å². The molecule has 5 heteroatoms. The van der Waals surface area contributed by atoms with Crippen molar-refractivity contribution >= 4 is 5.84 Å². The summed E-state index contributed by atoms with van der Waals surface area (Å²) in [6.45, 7) is 7.56. The molecule has 5 nitrogen and oxygen atoms in total. The van der Waals surface area contributed by atoms with Gasteiger partial charge in [-0.2, -0.15) is 0 Å². The molecule has 1 aliphatic rings. The van der Waals surface area contributed by atoms with Gasteiger partial charge in [-0.15, -0.1) is 6.58 Å². The molecule has 1 heterocycles. The van der Waals surface area contributed by atoms with Crippen molar-refractivity contribution in [1.29, 1.82) is 0 Å². The predicted octanol–water partition coefficient (Wildman–Crippen LogP) is -0.827. The summed E-state index contributed by atoms with van der Waals surface area (Å²) >= 11 is 0. The second-order valence-electron chi connectivity index (χ2n) is 3.08. The number of hydrogen-bond acceptors (Lipinski definition) is 5. The molecule has 0 radical (unpaired) electrons. The third-order valence-corrected chi connectivity index (χ3v) is 1.89. The van der Waals surface area contributed by atoms with E-state index in [0.29, 0.717) is 19.6 Å². The van der Waals surface area contributed by atoms with Crippen LogP contribution in [0.4, 0.5) is 0 Å². The minimum absolute atomic E-state index is 0.205. The molecule has 5 N–H and O–H groups in total. The van der Waals surface area contributed by atoms with Crippen LogP contribution >= 0.6 is 0 Å². The number of nitrogens with two attached hydrogens (primary N) is 2. The fourth-order valence-corrected chi connectivity index (χ4v) is 1.21. The van der Waals surface area contributed by atoms with Gasteiger partial charge in [-0.05, 0) is 0 Å². The number of amidine groups is 1. The van der Waals surface area contributed by atoms with Crippen LogP contribution < -0.4 is 11.5 Å². The maximum atomic E-state index is 8.69. The Balaban J connectivity index is 0.000000423. The van der Waals surface area contributed by atoms with Gasteiger partial charge in [0.05, 0.1) is 13.2 Å². The SMILES string of the molecule is C=CCC1=NCCN1CCO.NCCN. The maximum Gasteiger partial charge on any atom is 0.103 e. The van der Waals surface area contributed by atoms with Crippen LogP contribution in [0.3, 0.4) is 0 Å². The van der Waals surface area contributed by atoms with E-state index in [1.54, 1.807) is 0 Å². The van der Waals surface area contributed by atoms with E-state index in [1.165, 1.54) is 0 Å². The van der Waals surface area contributed by atoms with Crippen LogP contribution in [0.15, 0.2) is 17.6 Å². The highest BCUT2D eigenvalue weighted by atomic mass is 16.3. The summed E-state index contributed by atoms with van der Waals surface area (Å²) in [5.74, 6) is 1.06. The van der Waals surface area contributed by atoms with Crippen LogP contribution in [0.5, 0.6) is 0 Å². The molecule has 0 atom stereocenters. The number of hydrogen-bond donors (Lipinski definition) is 3. The summed E-state index contributed by atoms with van der Waals surface area (Å²) in [4.78, 5) is 6.38. The summed E-state index contributed by atoms with van der Waals surface area (Å²) in [6.07, 6.45) is 2.66. The zero-order chi connectivity index (χ0) is 11.5. The molecule has 0 fully saturated rings. The molecule has 15 heavy (non-hydrogen) atoms. The first-order valence-corrected chi connectivity index (χ1v) is 5.20. The molecule has 1 aliphatic heterocycles. The number of aliphatic hydroxyl groups excluding tert-OH is 1. The average molecular weight is 214 g/mol. The van der Waals surface area contributed by atoms with E-state index in [4.69, 9.17) is 16.6 Å². The minimum Gasteiger partial charge on any atom is -0.395 e. The molecule has 0 unspecified atom stereocenters. The van der Waals surface area contributed by atoms with Crippen molar-refractivity contribution < 1.29 is 5.11 Å². The Hall–Kier alpha value is -0.910. The molecule has 0 amide bonds. The standard InChI is InChI=1S/C8H14N2O.C2H8N2/c1-2-3-8-9-4-5-10(8)6-7-11;3-1-2-4/h2,11H,1,3-7H2;1-4H2. The van der Waals surface area contributed by atoms with Crippen LogP contribution in [0, 0.1) is 0 Å². The zero-order valence-corrected chi connectivity index (χ0v) is 9.23. The predicted molar refractivity (Wildman–Crippen MR) is 63.9 cm³/mol. The number of aliphatic hydroxyl groups is 1. The van der Waals surface area contributed by atoms with E-state index in [2.05, 4.69) is 16.5 Å². The van der Waals surface area contributed by atoms with Gasteiger partial charge in [0, 0.05) is 32.6 Å². The second-order valence-corrected chi connectivity index (χ2v) is 3.08. The van der Waals surface area contributed by atoms with Gasteiger partial charge in [-0.3, -0.25) is 4.99 Å². The first kappa shape index (κ1) is 14.1. The largest absolute Gasteiger partial charge is 0.395 e. The fourth-order valence-electron chi connectivity index (χ4n) is 1.21. The molecule has 0 saturated carbocycles. The van der Waals surface area contributed by atoms with Crippen LogP contribution in [0.25, 0.3) is 0 Å². The fraction of sp³-hybridized carbons (Fsp3) is 0.700. The van der Waals surface area contributed by atoms with Gasteiger partial charge < -0.3 is 21.5 Å². The van der Waals surface area contributed by atoms with Gasteiger partial charge in [0.25, 0.3) is 0 Å². The Labute approximate surface area is 91.5 Å². The Kier molecular flexibility index (Phi) is 9.05. The maximum absolute atomic E-state index is 8.69. The van der Waals surface area contributed by atoms with E-state index in [9.17, 15) is 0 Å². The van der Waals surface area contributed by atoms with E-state index >= 15 is 0 Å². The molecule has 0 saturated heterocycles. The van der Waals surface area contributed by atoms with Crippen LogP contribution in [-0.4, -0.2) is 55.2 Å². The molecule has 1 rings (SSSR count). The highest BCUT2D eigenvalue weighted by Gasteiger charge is 2.13. The Morgan fingerprint density at radius 1 is 1.47 bits per heavy atom. The molecule has 0 aliphatic carbocycles. The first-order valence-electron chi connectivity index (χ1n) is 5.20. The van der Waals surface area contributed by atoms with E-state index in [0.717, 1.165) is 25.3 Å². The van der Waals surface area contributed by atoms with Gasteiger partial charge in [-0.1, -0.05) is 6.08 Å². The number of aliphatic imine (C=N–C) groups is 1. The lowest BCUT2D eigenvalue weighted by Gasteiger charge is -2.17. The second kappa shape index (κ2) is 9.64. The van der Waals surface area contributed by atoms with E-state index < -0.39 is 0 Å².